The lowest BCUT2D eigenvalue weighted by atomic mass is 10.0. The molecule has 1 nitrogen and oxygen atoms in total. The highest BCUT2D eigenvalue weighted by Gasteiger charge is 2.30. The highest BCUT2D eigenvalue weighted by atomic mass is 35.5. The van der Waals surface area contributed by atoms with E-state index in [0.29, 0.717) is 26.6 Å². The number of rotatable bonds is 6. The number of thioether (sulfide) groups is 2. The van der Waals surface area contributed by atoms with Crippen LogP contribution >= 0.6 is 46.7 Å². The summed E-state index contributed by atoms with van der Waals surface area (Å²) in [6, 6.07) is 6.51. The molecule has 0 aliphatic carbocycles. The molecule has 1 fully saturated rings. The molecule has 1 aliphatic rings. The fourth-order valence-corrected chi connectivity index (χ4v) is 5.93. The van der Waals surface area contributed by atoms with Gasteiger partial charge in [-0.2, -0.15) is 23.5 Å². The first kappa shape index (κ1) is 17.8. The van der Waals surface area contributed by atoms with Gasteiger partial charge in [0.2, 0.25) is 0 Å². The number of benzene rings is 1. The van der Waals surface area contributed by atoms with Crippen molar-refractivity contribution in [1.82, 2.24) is 5.32 Å². The predicted octanol–water partition coefficient (Wildman–Crippen LogP) is 5.14. The number of hydrogen-bond acceptors (Lipinski definition) is 3. The van der Waals surface area contributed by atoms with Crippen molar-refractivity contribution >= 4 is 46.7 Å². The average molecular weight is 364 g/mol. The van der Waals surface area contributed by atoms with Crippen molar-refractivity contribution in [3.63, 3.8) is 0 Å². The topological polar surface area (TPSA) is 12.0 Å². The van der Waals surface area contributed by atoms with Gasteiger partial charge in [0.15, 0.2) is 0 Å². The molecule has 0 spiro atoms. The first-order valence-corrected chi connectivity index (χ1v) is 10.4. The Morgan fingerprint density at radius 1 is 1.24 bits per heavy atom. The van der Waals surface area contributed by atoms with E-state index in [1.807, 2.05) is 12.1 Å². The molecular weight excluding hydrogens is 341 g/mol. The van der Waals surface area contributed by atoms with Crippen LogP contribution in [0.15, 0.2) is 18.2 Å². The predicted molar refractivity (Wildman–Crippen MR) is 100 cm³/mol. The molecule has 0 amide bonds. The molecule has 0 radical (unpaired) electrons. The first-order valence-electron chi connectivity index (χ1n) is 7.52. The summed E-state index contributed by atoms with van der Waals surface area (Å²) in [5.41, 5.74) is 1.27. The Kier molecular flexibility index (Phi) is 7.57. The zero-order chi connectivity index (χ0) is 15.2. The van der Waals surface area contributed by atoms with Gasteiger partial charge in [0.05, 0.1) is 10.0 Å². The molecule has 3 atom stereocenters. The van der Waals surface area contributed by atoms with Crippen molar-refractivity contribution in [1.29, 1.82) is 0 Å². The van der Waals surface area contributed by atoms with Gasteiger partial charge in [-0.25, -0.2) is 0 Å². The monoisotopic (exact) mass is 363 g/mol. The summed E-state index contributed by atoms with van der Waals surface area (Å²) in [7, 11) is 0. The van der Waals surface area contributed by atoms with Gasteiger partial charge in [0, 0.05) is 28.0 Å². The zero-order valence-corrected chi connectivity index (χ0v) is 15.7. The number of halogens is 2. The molecule has 5 heteroatoms. The molecule has 1 saturated heterocycles. The molecular formula is C16H23Cl2NS2. The maximum atomic E-state index is 6.15. The van der Waals surface area contributed by atoms with Gasteiger partial charge in [0.1, 0.15) is 0 Å². The van der Waals surface area contributed by atoms with Crippen LogP contribution in [0.4, 0.5) is 0 Å². The average Bonchev–Trinajstić information content (AvgIpc) is 2.48. The molecule has 0 aromatic heterocycles. The second-order valence-electron chi connectivity index (χ2n) is 5.42. The van der Waals surface area contributed by atoms with E-state index in [4.69, 9.17) is 23.2 Å². The van der Waals surface area contributed by atoms with E-state index in [2.05, 4.69) is 48.8 Å². The fourth-order valence-electron chi connectivity index (χ4n) is 2.65. The van der Waals surface area contributed by atoms with Crippen LogP contribution in [0.25, 0.3) is 0 Å². The molecule has 21 heavy (non-hydrogen) atoms. The highest BCUT2D eigenvalue weighted by molar-refractivity contribution is 8.07. The van der Waals surface area contributed by atoms with Gasteiger partial charge < -0.3 is 5.32 Å². The minimum Gasteiger partial charge on any atom is -0.313 e. The molecule has 118 valence electrons. The number of hydrogen-bond donors (Lipinski definition) is 1. The van der Waals surface area contributed by atoms with E-state index in [1.54, 1.807) is 0 Å². The van der Waals surface area contributed by atoms with E-state index in [0.717, 1.165) is 19.4 Å². The van der Waals surface area contributed by atoms with Gasteiger partial charge in [-0.05, 0) is 37.1 Å². The standard InChI is InChI=1S/C16H23Cl2NS2/c1-3-6-19-15(16-11(2)20-7-8-21-16)10-12-4-5-13(17)14(18)9-12/h4-5,9,11,15-16,19H,3,6-8,10H2,1-2H3. The van der Waals surface area contributed by atoms with E-state index in [1.165, 1.54) is 17.1 Å². The van der Waals surface area contributed by atoms with Crippen molar-refractivity contribution in [3.8, 4) is 0 Å². The number of nitrogens with one attached hydrogen (secondary N) is 1. The second-order valence-corrected chi connectivity index (χ2v) is 9.01. The smallest absolute Gasteiger partial charge is 0.0595 e. The van der Waals surface area contributed by atoms with Crippen molar-refractivity contribution < 1.29 is 0 Å². The summed E-state index contributed by atoms with van der Waals surface area (Å²) in [4.78, 5) is 0. The molecule has 0 bridgehead atoms. The highest BCUT2D eigenvalue weighted by Crippen LogP contribution is 2.34. The lowest BCUT2D eigenvalue weighted by Gasteiger charge is -2.35. The van der Waals surface area contributed by atoms with E-state index >= 15 is 0 Å². The molecule has 1 N–H and O–H groups in total. The largest absolute Gasteiger partial charge is 0.313 e. The van der Waals surface area contributed by atoms with Crippen LogP contribution in [0.3, 0.4) is 0 Å². The molecule has 1 heterocycles. The minimum absolute atomic E-state index is 0.495. The van der Waals surface area contributed by atoms with Crippen LogP contribution in [-0.4, -0.2) is 34.6 Å². The Bertz CT molecular complexity index is 456. The summed E-state index contributed by atoms with van der Waals surface area (Å²) in [5, 5.41) is 6.38. The maximum Gasteiger partial charge on any atom is 0.0595 e. The molecule has 3 unspecified atom stereocenters. The van der Waals surface area contributed by atoms with Gasteiger partial charge in [-0.15, -0.1) is 0 Å². The van der Waals surface area contributed by atoms with Crippen LogP contribution < -0.4 is 5.32 Å². The van der Waals surface area contributed by atoms with Crippen LogP contribution in [0, 0.1) is 0 Å². The Balaban J connectivity index is 2.09. The first-order chi connectivity index (χ1) is 10.1. The fraction of sp³-hybridized carbons (Fsp3) is 0.625. The van der Waals surface area contributed by atoms with E-state index in [9.17, 15) is 0 Å². The zero-order valence-electron chi connectivity index (χ0n) is 12.6. The Morgan fingerprint density at radius 3 is 2.67 bits per heavy atom. The third-order valence-corrected chi connectivity index (χ3v) is 7.72. The lowest BCUT2D eigenvalue weighted by molar-refractivity contribution is 0.486. The molecule has 2 rings (SSSR count). The Labute approximate surface area is 146 Å². The minimum atomic E-state index is 0.495. The van der Waals surface area contributed by atoms with Gasteiger partial charge >= 0.3 is 0 Å². The molecule has 1 aromatic carbocycles. The van der Waals surface area contributed by atoms with Crippen molar-refractivity contribution in [2.24, 2.45) is 0 Å². The second kappa shape index (κ2) is 8.93. The third kappa shape index (κ3) is 5.24. The van der Waals surface area contributed by atoms with E-state index in [-0.39, 0.29) is 0 Å². The summed E-state index contributed by atoms with van der Waals surface area (Å²) < 4.78 is 0. The van der Waals surface area contributed by atoms with Gasteiger partial charge in [0.25, 0.3) is 0 Å². The summed E-state index contributed by atoms with van der Waals surface area (Å²) in [5.74, 6) is 2.53. The van der Waals surface area contributed by atoms with Gasteiger partial charge in [-0.1, -0.05) is 43.1 Å². The molecule has 1 aliphatic heterocycles. The van der Waals surface area contributed by atoms with Gasteiger partial charge in [-0.3, -0.25) is 0 Å². The molecule has 0 saturated carbocycles. The van der Waals surface area contributed by atoms with Crippen molar-refractivity contribution in [3.05, 3.63) is 33.8 Å². The quantitative estimate of drug-likeness (QED) is 0.751. The van der Waals surface area contributed by atoms with Crippen LogP contribution in [0.5, 0.6) is 0 Å². The maximum absolute atomic E-state index is 6.15. The van der Waals surface area contributed by atoms with Crippen molar-refractivity contribution in [2.75, 3.05) is 18.1 Å². The summed E-state index contributed by atoms with van der Waals surface area (Å²) in [6.45, 7) is 5.65. The van der Waals surface area contributed by atoms with Crippen LogP contribution in [0.2, 0.25) is 10.0 Å². The van der Waals surface area contributed by atoms with Crippen LogP contribution in [-0.2, 0) is 6.42 Å². The Morgan fingerprint density at radius 2 is 2.00 bits per heavy atom. The summed E-state index contributed by atoms with van der Waals surface area (Å²) >= 11 is 16.4. The lowest BCUT2D eigenvalue weighted by Crippen LogP contribution is -2.46. The van der Waals surface area contributed by atoms with Crippen LogP contribution in [0.1, 0.15) is 25.8 Å². The van der Waals surface area contributed by atoms with Crippen molar-refractivity contribution in [2.45, 2.75) is 43.2 Å². The summed E-state index contributed by atoms with van der Waals surface area (Å²) in [6.07, 6.45) is 2.18. The Hall–Kier alpha value is 0.460. The third-order valence-electron chi connectivity index (χ3n) is 3.73. The van der Waals surface area contributed by atoms with E-state index < -0.39 is 0 Å². The normalized spacial score (nSPS) is 24.0. The molecule has 1 aromatic rings. The SMILES string of the molecule is CCCNC(Cc1ccc(Cl)c(Cl)c1)C1SCCSC1C.